The first-order valence-corrected chi connectivity index (χ1v) is 12.2. The van der Waals surface area contributed by atoms with E-state index in [1.807, 2.05) is 18.2 Å². The fourth-order valence-corrected chi connectivity index (χ4v) is 5.10. The molecule has 0 bridgehead atoms. The van der Waals surface area contributed by atoms with Crippen LogP contribution in [0, 0.1) is 5.82 Å². The number of hydrogen-bond donors (Lipinski definition) is 3. The molecule has 5 rings (SSSR count). The molecule has 0 radical (unpaired) electrons. The Labute approximate surface area is 209 Å². The molecule has 2 atom stereocenters. The van der Waals surface area contributed by atoms with Gasteiger partial charge in [0, 0.05) is 18.2 Å². The van der Waals surface area contributed by atoms with Crippen LogP contribution in [0.2, 0.25) is 0 Å². The molecule has 1 aliphatic heterocycles. The molecule has 1 fully saturated rings. The first-order chi connectivity index (χ1) is 17.6. The predicted octanol–water partition coefficient (Wildman–Crippen LogP) is 4.41. The van der Waals surface area contributed by atoms with Crippen LogP contribution < -0.4 is 15.7 Å². The van der Waals surface area contributed by atoms with Gasteiger partial charge >= 0.3 is 5.69 Å². The van der Waals surface area contributed by atoms with Crippen molar-refractivity contribution in [3.8, 4) is 16.9 Å². The number of ether oxygens (including phenoxy) is 1. The summed E-state index contributed by atoms with van der Waals surface area (Å²) in [6, 6.07) is 23.4. The lowest BCUT2D eigenvalue weighted by Crippen LogP contribution is -2.47. The fourth-order valence-electron chi connectivity index (χ4n) is 5.10. The third-order valence-electron chi connectivity index (χ3n) is 6.79. The van der Waals surface area contributed by atoms with Crippen molar-refractivity contribution < 1.29 is 9.13 Å². The van der Waals surface area contributed by atoms with Crippen LogP contribution in [0.1, 0.15) is 35.8 Å². The lowest BCUT2D eigenvalue weighted by Gasteiger charge is -2.42. The van der Waals surface area contributed by atoms with Gasteiger partial charge in [-0.05, 0) is 60.3 Å². The summed E-state index contributed by atoms with van der Waals surface area (Å²) < 4.78 is 19.1. The average Bonchev–Trinajstić information content (AvgIpc) is 3.32. The predicted molar refractivity (Wildman–Crippen MR) is 137 cm³/mol. The summed E-state index contributed by atoms with van der Waals surface area (Å²) in [7, 11) is 1.68. The van der Waals surface area contributed by atoms with Crippen LogP contribution in [-0.4, -0.2) is 39.8 Å². The number of aromatic nitrogens is 3. The molecule has 3 aromatic carbocycles. The van der Waals surface area contributed by atoms with Gasteiger partial charge < -0.3 is 10.1 Å². The van der Waals surface area contributed by atoms with Gasteiger partial charge in [0.15, 0.2) is 0 Å². The van der Waals surface area contributed by atoms with Crippen LogP contribution in [0.25, 0.3) is 11.1 Å². The van der Waals surface area contributed by atoms with E-state index >= 15 is 0 Å². The smallest absolute Gasteiger partial charge is 0.340 e. The highest BCUT2D eigenvalue weighted by molar-refractivity contribution is 5.65. The van der Waals surface area contributed by atoms with Gasteiger partial charge in [-0.1, -0.05) is 48.5 Å². The summed E-state index contributed by atoms with van der Waals surface area (Å²) in [4.78, 5) is 16.7. The molecule has 0 unspecified atom stereocenters. The molecule has 7 nitrogen and oxygen atoms in total. The highest BCUT2D eigenvalue weighted by Crippen LogP contribution is 2.33. The maximum absolute atomic E-state index is 13.4. The monoisotopic (exact) mass is 487 g/mol. The van der Waals surface area contributed by atoms with Crippen LogP contribution in [0.15, 0.2) is 77.6 Å². The van der Waals surface area contributed by atoms with Gasteiger partial charge in [0.1, 0.15) is 17.4 Å². The Morgan fingerprint density at radius 1 is 1.08 bits per heavy atom. The second-order valence-electron chi connectivity index (χ2n) is 9.11. The Morgan fingerprint density at radius 3 is 2.58 bits per heavy atom. The molecule has 0 spiro atoms. The first-order valence-electron chi connectivity index (χ1n) is 12.2. The van der Waals surface area contributed by atoms with Crippen molar-refractivity contribution in [3.63, 3.8) is 0 Å². The molecule has 0 amide bonds. The zero-order valence-corrected chi connectivity index (χ0v) is 20.2. The second kappa shape index (κ2) is 10.9. The van der Waals surface area contributed by atoms with Crippen molar-refractivity contribution in [1.29, 1.82) is 0 Å². The van der Waals surface area contributed by atoms with Crippen LogP contribution in [0.3, 0.4) is 0 Å². The summed E-state index contributed by atoms with van der Waals surface area (Å²) in [6.45, 7) is 2.09. The van der Waals surface area contributed by atoms with Crippen molar-refractivity contribution in [2.24, 2.45) is 0 Å². The van der Waals surface area contributed by atoms with Gasteiger partial charge in [-0.2, -0.15) is 5.10 Å². The number of nitrogens with zero attached hydrogens (tertiary/aromatic N) is 2. The molecule has 3 N–H and O–H groups in total. The van der Waals surface area contributed by atoms with Gasteiger partial charge in [0.2, 0.25) is 0 Å². The Morgan fingerprint density at radius 2 is 1.86 bits per heavy atom. The first kappa shape index (κ1) is 24.0. The van der Waals surface area contributed by atoms with Gasteiger partial charge in [0.25, 0.3) is 0 Å². The van der Waals surface area contributed by atoms with E-state index in [0.717, 1.165) is 41.8 Å². The summed E-state index contributed by atoms with van der Waals surface area (Å²) >= 11 is 0. The van der Waals surface area contributed by atoms with Gasteiger partial charge in [0.05, 0.1) is 19.7 Å². The number of aromatic amines is 2. The zero-order valence-electron chi connectivity index (χ0n) is 20.2. The van der Waals surface area contributed by atoms with Crippen LogP contribution in [-0.2, 0) is 13.1 Å². The molecule has 0 saturated carbocycles. The molecule has 2 heterocycles. The molecule has 8 heteroatoms. The average molecular weight is 488 g/mol. The van der Waals surface area contributed by atoms with E-state index in [1.54, 1.807) is 19.2 Å². The van der Waals surface area contributed by atoms with Crippen molar-refractivity contribution in [2.45, 2.75) is 38.0 Å². The van der Waals surface area contributed by atoms with Crippen LogP contribution >= 0.6 is 0 Å². The maximum atomic E-state index is 13.4. The molecule has 1 aromatic heterocycles. The Hall–Kier alpha value is -3.75. The van der Waals surface area contributed by atoms with E-state index in [-0.39, 0.29) is 23.6 Å². The quantitative estimate of drug-likeness (QED) is 0.343. The third kappa shape index (κ3) is 5.40. The number of piperidine rings is 1. The summed E-state index contributed by atoms with van der Waals surface area (Å²) in [5, 5.41) is 10.4. The fraction of sp³-hybridized carbons (Fsp3) is 0.286. The zero-order chi connectivity index (χ0) is 24.9. The number of hydrogen-bond acceptors (Lipinski definition) is 5. The van der Waals surface area contributed by atoms with Crippen molar-refractivity contribution in [1.82, 2.24) is 25.4 Å². The highest BCUT2D eigenvalue weighted by Gasteiger charge is 2.33. The molecular weight excluding hydrogens is 457 g/mol. The number of methoxy groups -OCH3 is 1. The van der Waals surface area contributed by atoms with E-state index in [9.17, 15) is 9.18 Å². The molecule has 1 aliphatic rings. The number of H-pyrrole nitrogens is 2. The van der Waals surface area contributed by atoms with E-state index in [2.05, 4.69) is 55.7 Å². The number of halogens is 1. The van der Waals surface area contributed by atoms with Crippen LogP contribution in [0.4, 0.5) is 4.39 Å². The normalized spacial score (nSPS) is 18.3. The molecule has 1 saturated heterocycles. The Bertz CT molecular complexity index is 1340. The van der Waals surface area contributed by atoms with Crippen LogP contribution in [0.5, 0.6) is 5.75 Å². The minimum Gasteiger partial charge on any atom is -0.496 e. The number of likely N-dealkylation sites (tertiary alicyclic amines) is 1. The van der Waals surface area contributed by atoms with Gasteiger partial charge in [-0.15, -0.1) is 0 Å². The largest absolute Gasteiger partial charge is 0.496 e. The topological polar surface area (TPSA) is 86.0 Å². The minimum atomic E-state index is -0.291. The van der Waals surface area contributed by atoms with Crippen molar-refractivity contribution in [3.05, 3.63) is 106 Å². The van der Waals surface area contributed by atoms with E-state index in [4.69, 9.17) is 4.74 Å². The lowest BCUT2D eigenvalue weighted by atomic mass is 9.90. The van der Waals surface area contributed by atoms with Crippen molar-refractivity contribution >= 4 is 0 Å². The summed E-state index contributed by atoms with van der Waals surface area (Å²) in [5.41, 5.74) is 3.94. The minimum absolute atomic E-state index is 0.117. The van der Waals surface area contributed by atoms with Crippen molar-refractivity contribution in [2.75, 3.05) is 13.7 Å². The lowest BCUT2D eigenvalue weighted by molar-refractivity contribution is 0.100. The molecule has 36 heavy (non-hydrogen) atoms. The summed E-state index contributed by atoms with van der Waals surface area (Å²) in [5.74, 6) is 1.20. The highest BCUT2D eigenvalue weighted by atomic mass is 19.1. The number of rotatable bonds is 8. The Balaban J connectivity index is 1.39. The number of benzene rings is 3. The number of nitrogens with one attached hydrogen (secondary N) is 3. The van der Waals surface area contributed by atoms with Gasteiger partial charge in [-0.25, -0.2) is 14.3 Å². The SMILES string of the molecule is COc1ccc(-c2ccc(F)cc2)cc1CN[C@H]1CCCN(Cc2n[nH]c(=O)[nH]2)[C@H]1c1ccccc1. The van der Waals surface area contributed by atoms with E-state index in [0.29, 0.717) is 18.9 Å². The molecule has 4 aromatic rings. The van der Waals surface area contributed by atoms with E-state index in [1.165, 1.54) is 17.7 Å². The molecular formula is C28H30FN5O2. The summed E-state index contributed by atoms with van der Waals surface area (Å²) in [6.07, 6.45) is 2.05. The van der Waals surface area contributed by atoms with Gasteiger partial charge in [-0.3, -0.25) is 9.88 Å². The maximum Gasteiger partial charge on any atom is 0.340 e. The Kier molecular flexibility index (Phi) is 7.25. The van der Waals surface area contributed by atoms with E-state index < -0.39 is 0 Å². The standard InChI is InChI=1S/C28H30FN5O2/c1-36-25-14-11-21(19-9-12-23(29)13-10-19)16-22(25)17-30-24-8-5-15-34(18-26-31-28(35)33-32-26)27(24)20-6-3-2-4-7-20/h2-4,6-7,9-14,16,24,27,30H,5,8,15,17-18H2,1H3,(H2,31,32,33,35)/t24-,27-/m0/s1. The second-order valence-corrected chi connectivity index (χ2v) is 9.11. The molecule has 0 aliphatic carbocycles. The third-order valence-corrected chi connectivity index (χ3v) is 6.79. The molecule has 186 valence electrons.